The molecule has 11 heteroatoms. The molecule has 2 aromatic carbocycles. The van der Waals surface area contributed by atoms with E-state index in [-0.39, 0.29) is 28.0 Å². The van der Waals surface area contributed by atoms with Gasteiger partial charge in [0.15, 0.2) is 4.34 Å². The largest absolute Gasteiger partial charge is 0.325 e. The van der Waals surface area contributed by atoms with Crippen molar-refractivity contribution in [3.05, 3.63) is 70.3 Å². The SMILES string of the molecule is O=C(CSc1nnc(NC(=O)c2ccc([N+](=O)[O-])cc2)s1)Nc1ccccc1. The molecular weight excluding hydrogens is 402 g/mol. The highest BCUT2D eigenvalue weighted by Crippen LogP contribution is 2.26. The lowest BCUT2D eigenvalue weighted by Gasteiger charge is -2.03. The molecular formula is C17H13N5O4S2. The first-order valence-electron chi connectivity index (χ1n) is 7.88. The molecule has 1 aromatic heterocycles. The van der Waals surface area contributed by atoms with E-state index in [1.54, 1.807) is 12.1 Å². The summed E-state index contributed by atoms with van der Waals surface area (Å²) < 4.78 is 0.530. The van der Waals surface area contributed by atoms with Crippen LogP contribution >= 0.6 is 23.1 Å². The molecule has 3 aromatic rings. The molecule has 3 rings (SSSR count). The maximum Gasteiger partial charge on any atom is 0.269 e. The molecule has 2 N–H and O–H groups in total. The number of amides is 2. The van der Waals surface area contributed by atoms with Crippen molar-refractivity contribution in [2.45, 2.75) is 4.34 Å². The average molecular weight is 415 g/mol. The summed E-state index contributed by atoms with van der Waals surface area (Å²) in [5.74, 6) is -0.480. The molecule has 9 nitrogen and oxygen atoms in total. The van der Waals surface area contributed by atoms with Crippen molar-refractivity contribution in [3.8, 4) is 0 Å². The molecule has 0 unspecified atom stereocenters. The van der Waals surface area contributed by atoms with Crippen LogP contribution in [0.15, 0.2) is 58.9 Å². The quantitative estimate of drug-likeness (QED) is 0.262. The van der Waals surface area contributed by atoms with Crippen molar-refractivity contribution >= 4 is 51.4 Å². The summed E-state index contributed by atoms with van der Waals surface area (Å²) in [6.07, 6.45) is 0. The minimum Gasteiger partial charge on any atom is -0.325 e. The number of rotatable bonds is 7. The number of carbonyl (C=O) groups excluding carboxylic acids is 2. The maximum atomic E-state index is 12.2. The van der Waals surface area contributed by atoms with E-state index in [0.717, 1.165) is 11.3 Å². The van der Waals surface area contributed by atoms with Crippen molar-refractivity contribution in [2.24, 2.45) is 0 Å². The van der Waals surface area contributed by atoms with E-state index in [4.69, 9.17) is 0 Å². The second-order valence-electron chi connectivity index (χ2n) is 5.33. The van der Waals surface area contributed by atoms with Gasteiger partial charge in [-0.3, -0.25) is 25.0 Å². The second-order valence-corrected chi connectivity index (χ2v) is 7.53. The number of nitro benzene ring substituents is 1. The number of nitro groups is 1. The fourth-order valence-corrected chi connectivity index (χ4v) is 3.62. The van der Waals surface area contributed by atoms with Gasteiger partial charge < -0.3 is 5.32 Å². The topological polar surface area (TPSA) is 127 Å². The van der Waals surface area contributed by atoms with Crippen LogP contribution in [0.2, 0.25) is 0 Å². The molecule has 1 heterocycles. The molecule has 2 amide bonds. The zero-order chi connectivity index (χ0) is 19.9. The van der Waals surface area contributed by atoms with Gasteiger partial charge >= 0.3 is 0 Å². The predicted molar refractivity (Wildman–Crippen MR) is 107 cm³/mol. The highest BCUT2D eigenvalue weighted by Gasteiger charge is 2.13. The Bertz CT molecular complexity index is 992. The van der Waals surface area contributed by atoms with E-state index in [1.807, 2.05) is 18.2 Å². The van der Waals surface area contributed by atoms with Crippen molar-refractivity contribution in [3.63, 3.8) is 0 Å². The number of thioether (sulfide) groups is 1. The highest BCUT2D eigenvalue weighted by molar-refractivity contribution is 8.01. The van der Waals surface area contributed by atoms with Gasteiger partial charge in [-0.2, -0.15) is 0 Å². The fourth-order valence-electron chi connectivity index (χ4n) is 2.07. The monoisotopic (exact) mass is 415 g/mol. The van der Waals surface area contributed by atoms with Gasteiger partial charge in [0.25, 0.3) is 11.6 Å². The lowest BCUT2D eigenvalue weighted by Crippen LogP contribution is -2.13. The third kappa shape index (κ3) is 5.34. The van der Waals surface area contributed by atoms with Gasteiger partial charge in [-0.05, 0) is 24.3 Å². The third-order valence-corrected chi connectivity index (χ3v) is 5.32. The number of non-ortho nitro benzene ring substituents is 1. The molecule has 0 saturated heterocycles. The van der Waals surface area contributed by atoms with E-state index in [1.165, 1.54) is 36.0 Å². The average Bonchev–Trinajstić information content (AvgIpc) is 3.14. The van der Waals surface area contributed by atoms with Crippen LogP contribution in [0.1, 0.15) is 10.4 Å². The van der Waals surface area contributed by atoms with Crippen LogP contribution in [0, 0.1) is 10.1 Å². The summed E-state index contributed by atoms with van der Waals surface area (Å²) in [5.41, 5.74) is 0.874. The van der Waals surface area contributed by atoms with E-state index < -0.39 is 10.8 Å². The summed E-state index contributed by atoms with van der Waals surface area (Å²) in [7, 11) is 0. The van der Waals surface area contributed by atoms with E-state index in [0.29, 0.717) is 10.0 Å². The normalized spacial score (nSPS) is 10.3. The first-order chi connectivity index (χ1) is 13.5. The number of nitrogens with zero attached hydrogens (tertiary/aromatic N) is 3. The molecule has 0 aliphatic rings. The number of para-hydroxylation sites is 1. The standard InChI is InChI=1S/C17H13N5O4S2/c23-14(18-12-4-2-1-3-5-12)10-27-17-21-20-16(28-17)19-15(24)11-6-8-13(9-7-11)22(25)26/h1-9H,10H2,(H,18,23)(H,19,20,24). The van der Waals surface area contributed by atoms with Gasteiger partial charge in [0.2, 0.25) is 11.0 Å². The Morgan fingerprint density at radius 2 is 1.75 bits per heavy atom. The van der Waals surface area contributed by atoms with Crippen LogP contribution in [-0.2, 0) is 4.79 Å². The van der Waals surface area contributed by atoms with Gasteiger partial charge in [-0.15, -0.1) is 10.2 Å². The number of hydrogen-bond donors (Lipinski definition) is 2. The van der Waals surface area contributed by atoms with Gasteiger partial charge in [0, 0.05) is 23.4 Å². The van der Waals surface area contributed by atoms with Gasteiger partial charge in [-0.1, -0.05) is 41.3 Å². The molecule has 0 fully saturated rings. The molecule has 0 aliphatic carbocycles. The number of aromatic nitrogens is 2. The van der Waals surface area contributed by atoms with Crippen LogP contribution in [-0.4, -0.2) is 32.7 Å². The van der Waals surface area contributed by atoms with E-state index >= 15 is 0 Å². The molecule has 28 heavy (non-hydrogen) atoms. The Labute approximate surface area is 167 Å². The molecule has 0 bridgehead atoms. The summed E-state index contributed by atoms with van der Waals surface area (Å²) in [4.78, 5) is 34.2. The molecule has 0 saturated carbocycles. The van der Waals surface area contributed by atoms with Crippen molar-refractivity contribution < 1.29 is 14.5 Å². The van der Waals surface area contributed by atoms with Crippen LogP contribution in [0.25, 0.3) is 0 Å². The molecule has 0 aliphatic heterocycles. The van der Waals surface area contributed by atoms with E-state index in [9.17, 15) is 19.7 Å². The van der Waals surface area contributed by atoms with Crippen LogP contribution in [0.3, 0.4) is 0 Å². The van der Waals surface area contributed by atoms with Crippen LogP contribution in [0.4, 0.5) is 16.5 Å². The van der Waals surface area contributed by atoms with Crippen LogP contribution in [0.5, 0.6) is 0 Å². The first kappa shape index (κ1) is 19.5. The number of carbonyl (C=O) groups is 2. The zero-order valence-electron chi connectivity index (χ0n) is 14.2. The van der Waals surface area contributed by atoms with E-state index in [2.05, 4.69) is 20.8 Å². The number of benzene rings is 2. The van der Waals surface area contributed by atoms with Crippen LogP contribution < -0.4 is 10.6 Å². The Kier molecular flexibility index (Phi) is 6.29. The van der Waals surface area contributed by atoms with Gasteiger partial charge in [0.05, 0.1) is 10.7 Å². The lowest BCUT2D eigenvalue weighted by molar-refractivity contribution is -0.384. The smallest absolute Gasteiger partial charge is 0.269 e. The highest BCUT2D eigenvalue weighted by atomic mass is 32.2. The second kappa shape index (κ2) is 9.06. The molecule has 142 valence electrons. The zero-order valence-corrected chi connectivity index (χ0v) is 15.8. The van der Waals surface area contributed by atoms with Crippen molar-refractivity contribution in [1.82, 2.24) is 10.2 Å². The number of hydrogen-bond acceptors (Lipinski definition) is 8. The summed E-state index contributed by atoms with van der Waals surface area (Å²) in [6, 6.07) is 14.3. The van der Waals surface area contributed by atoms with Crippen molar-refractivity contribution in [1.29, 1.82) is 0 Å². The Balaban J connectivity index is 1.51. The first-order valence-corrected chi connectivity index (χ1v) is 9.68. The molecule has 0 atom stereocenters. The Morgan fingerprint density at radius 3 is 2.43 bits per heavy atom. The maximum absolute atomic E-state index is 12.2. The predicted octanol–water partition coefficient (Wildman–Crippen LogP) is 3.43. The molecule has 0 spiro atoms. The van der Waals surface area contributed by atoms with Gasteiger partial charge in [-0.25, -0.2) is 0 Å². The Hall–Kier alpha value is -3.31. The summed E-state index contributed by atoms with van der Waals surface area (Å²) >= 11 is 2.34. The van der Waals surface area contributed by atoms with Crippen molar-refractivity contribution in [2.75, 3.05) is 16.4 Å². The summed E-state index contributed by atoms with van der Waals surface area (Å²) in [5, 5.41) is 24.1. The third-order valence-electron chi connectivity index (χ3n) is 3.35. The molecule has 0 radical (unpaired) electrons. The number of nitrogens with one attached hydrogen (secondary N) is 2. The minimum absolute atomic E-state index is 0.0973. The number of anilines is 2. The minimum atomic E-state index is -0.538. The lowest BCUT2D eigenvalue weighted by atomic mass is 10.2. The fraction of sp³-hybridized carbons (Fsp3) is 0.0588. The summed E-state index contributed by atoms with van der Waals surface area (Å²) in [6.45, 7) is 0. The Morgan fingerprint density at radius 1 is 1.04 bits per heavy atom. The van der Waals surface area contributed by atoms with Gasteiger partial charge in [0.1, 0.15) is 0 Å².